The van der Waals surface area contributed by atoms with E-state index in [0.717, 1.165) is 31.5 Å². The van der Waals surface area contributed by atoms with Gasteiger partial charge in [0, 0.05) is 24.7 Å². The predicted octanol–water partition coefficient (Wildman–Crippen LogP) is 1.87. The summed E-state index contributed by atoms with van der Waals surface area (Å²) in [6, 6.07) is 5.44. The highest BCUT2D eigenvalue weighted by molar-refractivity contribution is 5.95. The fourth-order valence-electron chi connectivity index (χ4n) is 2.62. The van der Waals surface area contributed by atoms with Gasteiger partial charge >= 0.3 is 0 Å². The van der Waals surface area contributed by atoms with Crippen LogP contribution in [-0.2, 0) is 0 Å². The van der Waals surface area contributed by atoms with Crippen molar-refractivity contribution in [2.24, 2.45) is 0 Å². The Morgan fingerprint density at radius 1 is 1.47 bits per heavy atom. The van der Waals surface area contributed by atoms with Gasteiger partial charge in [0.15, 0.2) is 0 Å². The normalized spacial score (nSPS) is 19.2. The lowest BCUT2D eigenvalue weighted by molar-refractivity contribution is 0.0716. The molecular weight excluding hydrogens is 240 g/mol. The summed E-state index contributed by atoms with van der Waals surface area (Å²) in [5.74, 6) is 0.217. The topological polar surface area (TPSA) is 43.8 Å². The number of carbonyl (C=O) groups is 1. The lowest BCUT2D eigenvalue weighted by atomic mass is 10.1. The summed E-state index contributed by atoms with van der Waals surface area (Å²) in [4.78, 5) is 16.5. The van der Waals surface area contributed by atoms with Crippen molar-refractivity contribution in [2.75, 3.05) is 27.2 Å². The number of hydrogen-bond donors (Lipinski definition) is 1. The van der Waals surface area contributed by atoms with E-state index in [1.54, 1.807) is 18.2 Å². The summed E-state index contributed by atoms with van der Waals surface area (Å²) >= 11 is 0. The van der Waals surface area contributed by atoms with Gasteiger partial charge in [-0.15, -0.1) is 0 Å². The minimum absolute atomic E-state index is 0.0275. The molecule has 104 valence electrons. The quantitative estimate of drug-likeness (QED) is 0.904. The van der Waals surface area contributed by atoms with Crippen LogP contribution in [0.2, 0.25) is 0 Å². The first-order valence-electron chi connectivity index (χ1n) is 6.74. The maximum absolute atomic E-state index is 12.5. The second kappa shape index (κ2) is 5.61. The molecule has 0 bridgehead atoms. The number of benzene rings is 1. The maximum Gasteiger partial charge on any atom is 0.254 e. The van der Waals surface area contributed by atoms with Crippen LogP contribution in [0.1, 0.15) is 28.8 Å². The first-order valence-corrected chi connectivity index (χ1v) is 6.74. The Morgan fingerprint density at radius 3 is 2.84 bits per heavy atom. The van der Waals surface area contributed by atoms with Crippen molar-refractivity contribution in [3.63, 3.8) is 0 Å². The molecule has 2 rings (SSSR count). The Labute approximate surface area is 114 Å². The zero-order valence-electron chi connectivity index (χ0n) is 11.9. The summed E-state index contributed by atoms with van der Waals surface area (Å²) < 4.78 is 0. The molecule has 4 heteroatoms. The molecule has 0 spiro atoms. The van der Waals surface area contributed by atoms with Gasteiger partial charge in [-0.3, -0.25) is 4.79 Å². The number of aromatic hydroxyl groups is 1. The van der Waals surface area contributed by atoms with E-state index in [1.807, 2.05) is 25.9 Å². The number of phenols is 1. The average molecular weight is 262 g/mol. The summed E-state index contributed by atoms with van der Waals surface area (Å²) in [6.45, 7) is 3.53. The van der Waals surface area contributed by atoms with E-state index in [2.05, 4.69) is 4.90 Å². The molecule has 1 aromatic carbocycles. The molecule has 0 aliphatic carbocycles. The summed E-state index contributed by atoms with van der Waals surface area (Å²) in [5.41, 5.74) is 1.37. The van der Waals surface area contributed by atoms with Gasteiger partial charge in [-0.1, -0.05) is 6.07 Å². The Morgan fingerprint density at radius 2 is 2.21 bits per heavy atom. The third-order valence-electron chi connectivity index (χ3n) is 3.67. The van der Waals surface area contributed by atoms with Crippen molar-refractivity contribution < 1.29 is 9.90 Å². The number of nitrogens with zero attached hydrogens (tertiary/aromatic N) is 2. The summed E-state index contributed by atoms with van der Waals surface area (Å²) in [7, 11) is 4.05. The lowest BCUT2D eigenvalue weighted by Crippen LogP contribution is -2.41. The molecule has 1 unspecified atom stereocenters. The molecule has 1 atom stereocenters. The Hall–Kier alpha value is -1.55. The number of hydrogen-bond acceptors (Lipinski definition) is 3. The van der Waals surface area contributed by atoms with E-state index in [4.69, 9.17) is 0 Å². The van der Waals surface area contributed by atoms with Gasteiger partial charge in [0.25, 0.3) is 5.91 Å². The van der Waals surface area contributed by atoms with Crippen LogP contribution in [0.3, 0.4) is 0 Å². The molecule has 1 fully saturated rings. The second-order valence-corrected chi connectivity index (χ2v) is 5.56. The molecule has 1 aliphatic rings. The van der Waals surface area contributed by atoms with Crippen LogP contribution in [0.25, 0.3) is 0 Å². The molecule has 1 N–H and O–H groups in total. The number of amides is 1. The number of phenolic OH excluding ortho intramolecular Hbond substituents is 1. The van der Waals surface area contributed by atoms with Gasteiger partial charge in [-0.2, -0.15) is 0 Å². The van der Waals surface area contributed by atoms with Crippen molar-refractivity contribution in [1.82, 2.24) is 9.80 Å². The van der Waals surface area contributed by atoms with Crippen LogP contribution in [0.15, 0.2) is 18.2 Å². The van der Waals surface area contributed by atoms with Crippen LogP contribution < -0.4 is 0 Å². The molecule has 19 heavy (non-hydrogen) atoms. The Kier molecular flexibility index (Phi) is 4.10. The van der Waals surface area contributed by atoms with Gasteiger partial charge in [-0.05, 0) is 51.6 Å². The van der Waals surface area contributed by atoms with Crippen LogP contribution in [0.4, 0.5) is 0 Å². The molecule has 1 aromatic rings. The van der Waals surface area contributed by atoms with Gasteiger partial charge < -0.3 is 14.9 Å². The minimum Gasteiger partial charge on any atom is -0.508 e. The van der Waals surface area contributed by atoms with Crippen LogP contribution in [-0.4, -0.2) is 54.0 Å². The highest BCUT2D eigenvalue weighted by Gasteiger charge is 2.29. The maximum atomic E-state index is 12.5. The first-order chi connectivity index (χ1) is 8.99. The highest BCUT2D eigenvalue weighted by Crippen LogP contribution is 2.23. The number of likely N-dealkylation sites (N-methyl/N-ethyl adjacent to an activating group) is 1. The van der Waals surface area contributed by atoms with E-state index >= 15 is 0 Å². The molecule has 1 heterocycles. The third-order valence-corrected chi connectivity index (χ3v) is 3.67. The number of carbonyl (C=O) groups excluding carboxylic acids is 1. The van der Waals surface area contributed by atoms with Crippen LogP contribution in [0, 0.1) is 6.92 Å². The van der Waals surface area contributed by atoms with Gasteiger partial charge in [0.2, 0.25) is 0 Å². The molecule has 0 saturated carbocycles. The van der Waals surface area contributed by atoms with E-state index in [1.165, 1.54) is 0 Å². The summed E-state index contributed by atoms with van der Waals surface area (Å²) in [6.07, 6.45) is 2.11. The SMILES string of the molecule is Cc1ccc(C(=O)N2CCCC2CN(C)C)cc1O. The van der Waals surface area contributed by atoms with Gasteiger partial charge in [0.1, 0.15) is 5.75 Å². The smallest absolute Gasteiger partial charge is 0.254 e. The van der Waals surface area contributed by atoms with Crippen molar-refractivity contribution in [3.05, 3.63) is 29.3 Å². The fourth-order valence-corrected chi connectivity index (χ4v) is 2.62. The van der Waals surface area contributed by atoms with Crippen molar-refractivity contribution >= 4 is 5.91 Å². The molecule has 1 aliphatic heterocycles. The van der Waals surface area contributed by atoms with Gasteiger partial charge in [-0.25, -0.2) is 0 Å². The number of aryl methyl sites for hydroxylation is 1. The Balaban J connectivity index is 2.16. The average Bonchev–Trinajstić information content (AvgIpc) is 2.79. The van der Waals surface area contributed by atoms with Gasteiger partial charge in [0.05, 0.1) is 0 Å². The minimum atomic E-state index is 0.0275. The zero-order valence-corrected chi connectivity index (χ0v) is 11.9. The van der Waals surface area contributed by atoms with E-state index in [9.17, 15) is 9.90 Å². The molecule has 4 nitrogen and oxygen atoms in total. The standard InChI is InChI=1S/C15H22N2O2/c1-11-6-7-12(9-14(11)18)15(19)17-8-4-5-13(17)10-16(2)3/h6-7,9,13,18H,4-5,8,10H2,1-3H3. The molecule has 1 amide bonds. The third kappa shape index (κ3) is 3.07. The largest absolute Gasteiger partial charge is 0.508 e. The van der Waals surface area contributed by atoms with Crippen LogP contribution >= 0.6 is 0 Å². The van der Waals surface area contributed by atoms with Crippen LogP contribution in [0.5, 0.6) is 5.75 Å². The molecule has 1 saturated heterocycles. The van der Waals surface area contributed by atoms with Crippen molar-refractivity contribution in [2.45, 2.75) is 25.8 Å². The predicted molar refractivity (Wildman–Crippen MR) is 75.5 cm³/mol. The van der Waals surface area contributed by atoms with E-state index < -0.39 is 0 Å². The number of rotatable bonds is 3. The molecular formula is C15H22N2O2. The summed E-state index contributed by atoms with van der Waals surface area (Å²) in [5, 5.41) is 9.72. The van der Waals surface area contributed by atoms with Crippen molar-refractivity contribution in [1.29, 1.82) is 0 Å². The number of likely N-dealkylation sites (tertiary alicyclic amines) is 1. The van der Waals surface area contributed by atoms with Crippen molar-refractivity contribution in [3.8, 4) is 5.75 Å². The highest BCUT2D eigenvalue weighted by atomic mass is 16.3. The second-order valence-electron chi connectivity index (χ2n) is 5.56. The molecule has 0 aromatic heterocycles. The van der Waals surface area contributed by atoms with E-state index in [-0.39, 0.29) is 17.7 Å². The lowest BCUT2D eigenvalue weighted by Gasteiger charge is -2.27. The monoisotopic (exact) mass is 262 g/mol. The zero-order chi connectivity index (χ0) is 14.0. The van der Waals surface area contributed by atoms with E-state index in [0.29, 0.717) is 5.56 Å². The molecule has 0 radical (unpaired) electrons. The Bertz CT molecular complexity index is 471. The first kappa shape index (κ1) is 13.9. The fraction of sp³-hybridized carbons (Fsp3) is 0.533.